The number of aryl methyl sites for hydroxylation is 1. The van der Waals surface area contributed by atoms with Gasteiger partial charge in [-0.25, -0.2) is 4.68 Å². The van der Waals surface area contributed by atoms with Crippen LogP contribution in [-0.2, 0) is 17.6 Å². The number of halogens is 3. The molecule has 0 aliphatic heterocycles. The lowest BCUT2D eigenvalue weighted by Crippen LogP contribution is -2.18. The van der Waals surface area contributed by atoms with Crippen LogP contribution in [0, 0.1) is 0 Å². The quantitative estimate of drug-likeness (QED) is 0.400. The number of hydrogen-bond donors (Lipinski definition) is 0. The van der Waals surface area contributed by atoms with Gasteiger partial charge in [-0.15, -0.1) is 5.10 Å². The Bertz CT molecular complexity index is 926. The van der Waals surface area contributed by atoms with Gasteiger partial charge in [0.25, 0.3) is 0 Å². The van der Waals surface area contributed by atoms with Crippen LogP contribution >= 0.6 is 46.6 Å². The molecule has 0 N–H and O–H groups in total. The van der Waals surface area contributed by atoms with Gasteiger partial charge in [0.2, 0.25) is 5.16 Å². The average molecular weight is 432 g/mol. The lowest BCUT2D eigenvalue weighted by atomic mass is 9.91. The zero-order chi connectivity index (χ0) is 18.8. The predicted octanol–water partition coefficient (Wildman–Crippen LogP) is 4.24. The number of rotatable bonds is 5. The third-order valence-corrected chi connectivity index (χ3v) is 6.14. The van der Waals surface area contributed by atoms with Gasteiger partial charge in [-0.1, -0.05) is 46.6 Å². The highest BCUT2D eigenvalue weighted by Crippen LogP contribution is 2.36. The van der Waals surface area contributed by atoms with Gasteiger partial charge in [-0.05, 0) is 35.4 Å². The van der Waals surface area contributed by atoms with E-state index < -0.39 is 5.78 Å². The molecule has 1 heterocycles. The summed E-state index contributed by atoms with van der Waals surface area (Å²) in [5.41, 5.74) is 0.816. The summed E-state index contributed by atoms with van der Waals surface area (Å²) in [4.78, 5) is 25.0. The van der Waals surface area contributed by atoms with Crippen molar-refractivity contribution in [3.8, 4) is 0 Å². The second kappa shape index (κ2) is 8.08. The van der Waals surface area contributed by atoms with E-state index in [9.17, 15) is 9.59 Å². The van der Waals surface area contributed by atoms with Crippen LogP contribution in [0.2, 0.25) is 10.0 Å². The number of carbonyl (C=O) groups excluding carboxylic acids is 2. The number of Topliss-reactive ketones (excluding diaryl/α,β-unsaturated/α-hetero) is 2. The van der Waals surface area contributed by atoms with E-state index in [2.05, 4.69) is 15.5 Å². The van der Waals surface area contributed by atoms with Crippen LogP contribution in [0.25, 0.3) is 0 Å². The average Bonchev–Trinajstić information content (AvgIpc) is 2.99. The smallest absolute Gasteiger partial charge is 0.209 e. The maximum atomic E-state index is 12.9. The number of thioether (sulfide) groups is 1. The van der Waals surface area contributed by atoms with E-state index in [-0.39, 0.29) is 21.9 Å². The zero-order valence-corrected chi connectivity index (χ0v) is 16.7. The molecular weight excluding hydrogens is 419 g/mol. The Hall–Kier alpha value is -1.41. The van der Waals surface area contributed by atoms with E-state index in [0.29, 0.717) is 45.8 Å². The minimum Gasteiger partial charge on any atom is -0.294 e. The van der Waals surface area contributed by atoms with E-state index in [4.69, 9.17) is 34.8 Å². The van der Waals surface area contributed by atoms with Gasteiger partial charge in [0.05, 0.1) is 10.6 Å². The van der Waals surface area contributed by atoms with Crippen molar-refractivity contribution < 1.29 is 9.59 Å². The van der Waals surface area contributed by atoms with Crippen LogP contribution in [0.4, 0.5) is 0 Å². The summed E-state index contributed by atoms with van der Waals surface area (Å²) in [6.07, 6.45) is 1.47. The summed E-state index contributed by atoms with van der Waals surface area (Å²) in [7, 11) is 1.72. The fraction of sp³-hybridized carbons (Fsp3) is 0.312. The predicted molar refractivity (Wildman–Crippen MR) is 101 cm³/mol. The van der Waals surface area contributed by atoms with E-state index in [1.807, 2.05) is 0 Å². The first kappa shape index (κ1) is 19.4. The molecule has 2 aromatic rings. The molecule has 0 fully saturated rings. The standard InChI is InChI=1S/C16H13Cl3N4O2S/c1-23-16(20-21-22-23)26-7-9-10(17)6-5-8(14(9)19)15(25)13-11(18)3-2-4-12(13)24/h5-6H,2-4,7H2,1H3. The second-order valence-electron chi connectivity index (χ2n) is 5.65. The molecule has 0 amide bonds. The van der Waals surface area contributed by atoms with Crippen molar-refractivity contribution in [2.24, 2.45) is 7.05 Å². The molecule has 1 aromatic carbocycles. The van der Waals surface area contributed by atoms with E-state index in [1.54, 1.807) is 13.1 Å². The molecule has 0 atom stereocenters. The van der Waals surface area contributed by atoms with Crippen molar-refractivity contribution in [2.45, 2.75) is 30.2 Å². The molecule has 0 saturated carbocycles. The summed E-state index contributed by atoms with van der Waals surface area (Å²) >= 11 is 20.2. The highest BCUT2D eigenvalue weighted by Gasteiger charge is 2.28. The van der Waals surface area contributed by atoms with Gasteiger partial charge in [0, 0.05) is 40.4 Å². The van der Waals surface area contributed by atoms with Crippen molar-refractivity contribution in [3.63, 3.8) is 0 Å². The maximum absolute atomic E-state index is 12.9. The van der Waals surface area contributed by atoms with Crippen molar-refractivity contribution in [1.29, 1.82) is 0 Å². The first-order valence-electron chi connectivity index (χ1n) is 7.68. The van der Waals surface area contributed by atoms with Crippen LogP contribution in [-0.4, -0.2) is 31.8 Å². The number of nitrogens with zero attached hydrogens (tertiary/aromatic N) is 4. The number of carbonyl (C=O) groups is 2. The summed E-state index contributed by atoms with van der Waals surface area (Å²) < 4.78 is 1.52. The van der Waals surface area contributed by atoms with Crippen LogP contribution in [0.3, 0.4) is 0 Å². The number of tetrazole rings is 1. The van der Waals surface area contributed by atoms with Crippen molar-refractivity contribution in [2.75, 3.05) is 0 Å². The molecule has 3 rings (SSSR count). The lowest BCUT2D eigenvalue weighted by Gasteiger charge is -2.16. The van der Waals surface area contributed by atoms with E-state index >= 15 is 0 Å². The number of aromatic nitrogens is 4. The summed E-state index contributed by atoms with van der Waals surface area (Å²) in [6.45, 7) is 0. The number of ketones is 2. The summed E-state index contributed by atoms with van der Waals surface area (Å²) in [5.74, 6) is -0.348. The highest BCUT2D eigenvalue weighted by atomic mass is 35.5. The number of hydrogen-bond acceptors (Lipinski definition) is 6. The Morgan fingerprint density at radius 3 is 2.69 bits per heavy atom. The van der Waals surface area contributed by atoms with Crippen molar-refractivity contribution in [1.82, 2.24) is 20.2 Å². The third-order valence-electron chi connectivity index (χ3n) is 3.93. The molecular formula is C16H13Cl3N4O2S. The molecule has 0 spiro atoms. The number of allylic oxidation sites excluding steroid dienone is 2. The fourth-order valence-corrected chi connectivity index (χ4v) is 4.54. The Morgan fingerprint density at radius 1 is 1.27 bits per heavy atom. The molecule has 0 bridgehead atoms. The van der Waals surface area contributed by atoms with Gasteiger partial charge in [0.15, 0.2) is 11.6 Å². The second-order valence-corrected chi connectivity index (χ2v) is 7.83. The van der Waals surface area contributed by atoms with Crippen LogP contribution in [0.15, 0.2) is 27.9 Å². The SMILES string of the molecule is Cn1nnnc1SCc1c(Cl)ccc(C(=O)C2=C(Cl)CCCC2=O)c1Cl. The van der Waals surface area contributed by atoms with Gasteiger partial charge in [0.1, 0.15) is 0 Å². The topological polar surface area (TPSA) is 77.7 Å². The normalized spacial score (nSPS) is 14.8. The number of benzene rings is 1. The molecule has 1 aliphatic carbocycles. The lowest BCUT2D eigenvalue weighted by molar-refractivity contribution is -0.115. The Kier molecular flexibility index (Phi) is 6.02. The Labute approximate surface area is 168 Å². The van der Waals surface area contributed by atoms with Gasteiger partial charge in [-0.3, -0.25) is 9.59 Å². The van der Waals surface area contributed by atoms with Crippen molar-refractivity contribution in [3.05, 3.63) is 43.9 Å². The van der Waals surface area contributed by atoms with Gasteiger partial charge in [-0.2, -0.15) is 0 Å². The first-order chi connectivity index (χ1) is 12.4. The minimum atomic E-state index is -0.465. The van der Waals surface area contributed by atoms with Gasteiger partial charge >= 0.3 is 0 Å². The van der Waals surface area contributed by atoms with E-state index in [1.165, 1.54) is 22.5 Å². The highest BCUT2D eigenvalue weighted by molar-refractivity contribution is 7.98. The van der Waals surface area contributed by atoms with Crippen molar-refractivity contribution >= 4 is 58.1 Å². The largest absolute Gasteiger partial charge is 0.294 e. The molecule has 0 radical (unpaired) electrons. The molecule has 6 nitrogen and oxygen atoms in total. The minimum absolute atomic E-state index is 0.0262. The third kappa shape index (κ3) is 3.81. The summed E-state index contributed by atoms with van der Waals surface area (Å²) in [5, 5.41) is 12.7. The van der Waals surface area contributed by atoms with E-state index in [0.717, 1.165) is 0 Å². The molecule has 136 valence electrons. The van der Waals surface area contributed by atoms with Crippen LogP contribution in [0.5, 0.6) is 0 Å². The van der Waals surface area contributed by atoms with Gasteiger partial charge < -0.3 is 0 Å². The molecule has 26 heavy (non-hydrogen) atoms. The Balaban J connectivity index is 1.93. The molecule has 0 unspecified atom stereocenters. The first-order valence-corrected chi connectivity index (χ1v) is 9.80. The maximum Gasteiger partial charge on any atom is 0.209 e. The van der Waals surface area contributed by atoms with Crippen LogP contribution < -0.4 is 0 Å². The molecule has 0 saturated heterocycles. The Morgan fingerprint density at radius 2 is 2.04 bits per heavy atom. The monoisotopic (exact) mass is 430 g/mol. The zero-order valence-electron chi connectivity index (χ0n) is 13.6. The molecule has 1 aromatic heterocycles. The molecule has 10 heteroatoms. The summed E-state index contributed by atoms with van der Waals surface area (Å²) in [6, 6.07) is 3.11. The van der Waals surface area contributed by atoms with Crippen LogP contribution in [0.1, 0.15) is 35.2 Å². The molecule has 1 aliphatic rings. The fourth-order valence-electron chi connectivity index (χ4n) is 2.58.